The molecule has 0 spiro atoms. The number of thioether (sulfide) groups is 1. The Morgan fingerprint density at radius 3 is 2.52 bits per heavy atom. The molecule has 11 heteroatoms. The molecule has 0 fully saturated rings. The molecule has 0 aliphatic rings. The molecule has 0 saturated heterocycles. The summed E-state index contributed by atoms with van der Waals surface area (Å²) in [5.74, 6) is -0.567. The zero-order valence-corrected chi connectivity index (χ0v) is 15.6. The number of carbonyl (C=O) groups excluding carboxylic acids is 1. The van der Waals surface area contributed by atoms with Crippen LogP contribution in [0.15, 0.2) is 58.3 Å². The molecule has 0 aliphatic carbocycles. The van der Waals surface area contributed by atoms with Crippen molar-refractivity contribution in [1.29, 1.82) is 0 Å². The molecule has 0 saturated carbocycles. The van der Waals surface area contributed by atoms with Crippen LogP contribution in [0.3, 0.4) is 0 Å². The number of non-ortho nitro benzene ring substituents is 1. The predicted octanol–water partition coefficient (Wildman–Crippen LogP) is 1.92. The van der Waals surface area contributed by atoms with E-state index < -0.39 is 14.9 Å². The lowest BCUT2D eigenvalue weighted by Gasteiger charge is -2.08. The highest BCUT2D eigenvalue weighted by Gasteiger charge is 2.17. The number of halogens is 1. The molecular formula is C16H16FN3O5S2. The van der Waals surface area contributed by atoms with Gasteiger partial charge < -0.3 is 5.32 Å². The van der Waals surface area contributed by atoms with Crippen molar-refractivity contribution in [2.24, 2.45) is 0 Å². The number of hydrogen-bond donors (Lipinski definition) is 2. The molecule has 0 aromatic heterocycles. The summed E-state index contributed by atoms with van der Waals surface area (Å²) in [6.45, 7) is -0.0189. The van der Waals surface area contributed by atoms with Gasteiger partial charge in [0.2, 0.25) is 15.9 Å². The number of sulfonamides is 1. The van der Waals surface area contributed by atoms with Gasteiger partial charge in [-0.2, -0.15) is 0 Å². The van der Waals surface area contributed by atoms with Crippen molar-refractivity contribution < 1.29 is 22.5 Å². The van der Waals surface area contributed by atoms with E-state index in [4.69, 9.17) is 0 Å². The molecule has 0 atom stereocenters. The Balaban J connectivity index is 1.76. The van der Waals surface area contributed by atoms with Gasteiger partial charge in [-0.15, -0.1) is 11.8 Å². The first kappa shape index (κ1) is 20.8. The molecule has 8 nitrogen and oxygen atoms in total. The van der Waals surface area contributed by atoms with Gasteiger partial charge in [0, 0.05) is 30.1 Å². The molecule has 0 aliphatic heterocycles. The van der Waals surface area contributed by atoms with Gasteiger partial charge in [-0.05, 0) is 30.3 Å². The highest BCUT2D eigenvalue weighted by Crippen LogP contribution is 2.18. The van der Waals surface area contributed by atoms with Gasteiger partial charge in [0.1, 0.15) is 5.82 Å². The molecule has 2 rings (SSSR count). The van der Waals surface area contributed by atoms with E-state index in [1.807, 2.05) is 0 Å². The normalized spacial score (nSPS) is 11.1. The van der Waals surface area contributed by atoms with Crippen LogP contribution in [-0.2, 0) is 14.8 Å². The van der Waals surface area contributed by atoms with Crippen LogP contribution in [0.1, 0.15) is 0 Å². The summed E-state index contributed by atoms with van der Waals surface area (Å²) in [6.07, 6.45) is 0. The monoisotopic (exact) mass is 413 g/mol. The first-order valence-corrected chi connectivity index (χ1v) is 10.1. The number of nitro benzene ring substituents is 1. The van der Waals surface area contributed by atoms with Gasteiger partial charge in [0.15, 0.2) is 0 Å². The minimum atomic E-state index is -3.92. The van der Waals surface area contributed by atoms with Gasteiger partial charge in [-0.3, -0.25) is 14.9 Å². The smallest absolute Gasteiger partial charge is 0.270 e. The fourth-order valence-corrected chi connectivity index (χ4v) is 3.77. The molecule has 1 amide bonds. The predicted molar refractivity (Wildman–Crippen MR) is 98.4 cm³/mol. The second kappa shape index (κ2) is 9.44. The van der Waals surface area contributed by atoms with Gasteiger partial charge in [-0.1, -0.05) is 6.07 Å². The Hall–Kier alpha value is -2.50. The van der Waals surface area contributed by atoms with Crippen molar-refractivity contribution in [3.05, 3.63) is 64.5 Å². The van der Waals surface area contributed by atoms with Crippen LogP contribution >= 0.6 is 11.8 Å². The van der Waals surface area contributed by atoms with Gasteiger partial charge in [0.05, 0.1) is 15.6 Å². The SMILES string of the molecule is O=C(CSc1ccc(F)cc1)NCCNS(=O)(=O)c1cccc([N+](=O)[O-])c1. The Labute approximate surface area is 159 Å². The summed E-state index contributed by atoms with van der Waals surface area (Å²) < 4.78 is 39.3. The highest BCUT2D eigenvalue weighted by molar-refractivity contribution is 8.00. The van der Waals surface area contributed by atoms with E-state index >= 15 is 0 Å². The molecule has 0 bridgehead atoms. The molecule has 27 heavy (non-hydrogen) atoms. The number of carbonyl (C=O) groups is 1. The zero-order chi connectivity index (χ0) is 19.9. The third-order valence-corrected chi connectivity index (χ3v) is 5.73. The topological polar surface area (TPSA) is 118 Å². The molecule has 2 N–H and O–H groups in total. The quantitative estimate of drug-likeness (QED) is 0.281. The van der Waals surface area contributed by atoms with Crippen LogP contribution in [0.2, 0.25) is 0 Å². The second-order valence-electron chi connectivity index (χ2n) is 5.24. The molecular weight excluding hydrogens is 397 g/mol. The fraction of sp³-hybridized carbons (Fsp3) is 0.188. The third-order valence-electron chi connectivity index (χ3n) is 3.26. The minimum absolute atomic E-state index is 0.0525. The Morgan fingerprint density at radius 1 is 1.15 bits per heavy atom. The van der Waals surface area contributed by atoms with E-state index in [0.29, 0.717) is 0 Å². The van der Waals surface area contributed by atoms with Crippen molar-refractivity contribution in [1.82, 2.24) is 10.0 Å². The maximum absolute atomic E-state index is 12.8. The molecule has 0 radical (unpaired) electrons. The number of rotatable bonds is 9. The number of amides is 1. The first-order valence-electron chi connectivity index (χ1n) is 7.67. The van der Waals surface area contributed by atoms with Crippen LogP contribution in [0.4, 0.5) is 10.1 Å². The Kier molecular flexibility index (Phi) is 7.28. The van der Waals surface area contributed by atoms with Crippen LogP contribution < -0.4 is 10.0 Å². The van der Waals surface area contributed by atoms with Crippen molar-refractivity contribution in [2.45, 2.75) is 9.79 Å². The molecule has 0 unspecified atom stereocenters. The van der Waals surface area contributed by atoms with Crippen LogP contribution in [-0.4, -0.2) is 38.1 Å². The number of nitro groups is 1. The molecule has 2 aromatic carbocycles. The summed E-state index contributed by atoms with van der Waals surface area (Å²) in [5, 5.41) is 13.3. The van der Waals surface area contributed by atoms with Gasteiger partial charge in [-0.25, -0.2) is 17.5 Å². The van der Waals surface area contributed by atoms with Crippen LogP contribution in [0.5, 0.6) is 0 Å². The van der Waals surface area contributed by atoms with Gasteiger partial charge in [0.25, 0.3) is 5.69 Å². The second-order valence-corrected chi connectivity index (χ2v) is 8.06. The zero-order valence-electron chi connectivity index (χ0n) is 13.9. The lowest BCUT2D eigenvalue weighted by Crippen LogP contribution is -2.35. The number of hydrogen-bond acceptors (Lipinski definition) is 6. The average molecular weight is 413 g/mol. The Morgan fingerprint density at radius 2 is 1.85 bits per heavy atom. The lowest BCUT2D eigenvalue weighted by molar-refractivity contribution is -0.385. The number of nitrogens with one attached hydrogen (secondary N) is 2. The maximum atomic E-state index is 12.8. The summed E-state index contributed by atoms with van der Waals surface area (Å²) in [6, 6.07) is 10.4. The van der Waals surface area contributed by atoms with Crippen LogP contribution in [0, 0.1) is 15.9 Å². The number of benzene rings is 2. The minimum Gasteiger partial charge on any atom is -0.354 e. The van der Waals surface area contributed by atoms with Crippen molar-refractivity contribution >= 4 is 33.4 Å². The van der Waals surface area contributed by atoms with Gasteiger partial charge >= 0.3 is 0 Å². The highest BCUT2D eigenvalue weighted by atomic mass is 32.2. The molecule has 0 heterocycles. The fourth-order valence-electron chi connectivity index (χ4n) is 1.97. The van der Waals surface area contributed by atoms with Crippen molar-refractivity contribution in [3.63, 3.8) is 0 Å². The third kappa shape index (κ3) is 6.62. The van der Waals surface area contributed by atoms with E-state index in [1.54, 1.807) is 12.1 Å². The summed E-state index contributed by atoms with van der Waals surface area (Å²) >= 11 is 1.22. The number of nitrogens with zero attached hydrogens (tertiary/aromatic N) is 1. The van der Waals surface area contributed by atoms with E-state index in [2.05, 4.69) is 10.0 Å². The molecule has 144 valence electrons. The standard InChI is InChI=1S/C16H16FN3O5S2/c17-12-4-6-14(7-5-12)26-11-16(21)18-8-9-19-27(24,25)15-3-1-2-13(10-15)20(22)23/h1-7,10,19H,8-9,11H2,(H,18,21). The van der Waals surface area contributed by atoms with Crippen molar-refractivity contribution in [3.8, 4) is 0 Å². The van der Waals surface area contributed by atoms with E-state index in [9.17, 15) is 27.7 Å². The largest absolute Gasteiger partial charge is 0.354 e. The van der Waals surface area contributed by atoms with Crippen molar-refractivity contribution in [2.75, 3.05) is 18.8 Å². The first-order chi connectivity index (χ1) is 12.8. The van der Waals surface area contributed by atoms with Crippen LogP contribution in [0.25, 0.3) is 0 Å². The van der Waals surface area contributed by atoms with E-state index in [0.717, 1.165) is 11.0 Å². The Bertz CT molecular complexity index is 920. The molecule has 2 aromatic rings. The summed E-state index contributed by atoms with van der Waals surface area (Å²) in [5.41, 5.74) is -0.330. The average Bonchev–Trinajstić information content (AvgIpc) is 2.65. The summed E-state index contributed by atoms with van der Waals surface area (Å²) in [7, 11) is -3.92. The van der Waals surface area contributed by atoms with E-state index in [-0.39, 0.29) is 41.1 Å². The van der Waals surface area contributed by atoms with E-state index in [1.165, 1.54) is 42.1 Å². The maximum Gasteiger partial charge on any atom is 0.270 e. The lowest BCUT2D eigenvalue weighted by atomic mass is 10.3. The summed E-state index contributed by atoms with van der Waals surface area (Å²) in [4.78, 5) is 22.3.